The van der Waals surface area contributed by atoms with Crippen LogP contribution in [0.1, 0.15) is 51.0 Å². The van der Waals surface area contributed by atoms with Crippen LogP contribution in [0, 0.1) is 13.8 Å². The fourth-order valence-corrected chi connectivity index (χ4v) is 4.67. The van der Waals surface area contributed by atoms with Gasteiger partial charge >= 0.3 is 0 Å². The second-order valence-electron chi connectivity index (χ2n) is 8.00. The summed E-state index contributed by atoms with van der Waals surface area (Å²) < 4.78 is 2.31. The molecule has 1 aliphatic heterocycles. The summed E-state index contributed by atoms with van der Waals surface area (Å²) in [4.78, 5) is 29.5. The lowest BCUT2D eigenvalue weighted by Gasteiger charge is -2.34. The first-order chi connectivity index (χ1) is 13.8. The van der Waals surface area contributed by atoms with E-state index in [4.69, 9.17) is 23.2 Å². The average molecular weight is 434 g/mol. The number of carbonyl (C=O) groups is 2. The number of Topliss-reactive ketones (excluding diaryl/α,β-unsaturated/α-hetero) is 1. The van der Waals surface area contributed by atoms with Crippen LogP contribution in [0.4, 0.5) is 0 Å². The Morgan fingerprint density at radius 3 is 2.31 bits per heavy atom. The molecule has 2 fully saturated rings. The summed E-state index contributed by atoms with van der Waals surface area (Å²) in [6.45, 7) is 7.00. The Morgan fingerprint density at radius 2 is 1.69 bits per heavy atom. The molecule has 2 aromatic rings. The average Bonchev–Trinajstić information content (AvgIpc) is 3.46. The van der Waals surface area contributed by atoms with Crippen molar-refractivity contribution in [2.45, 2.75) is 32.7 Å². The summed E-state index contributed by atoms with van der Waals surface area (Å²) >= 11 is 12.1. The van der Waals surface area contributed by atoms with Crippen LogP contribution in [0.2, 0.25) is 10.0 Å². The fourth-order valence-electron chi connectivity index (χ4n) is 4.18. The van der Waals surface area contributed by atoms with E-state index in [2.05, 4.69) is 16.4 Å². The van der Waals surface area contributed by atoms with Gasteiger partial charge in [0.15, 0.2) is 5.78 Å². The van der Waals surface area contributed by atoms with Gasteiger partial charge in [-0.25, -0.2) is 0 Å². The fraction of sp³-hybridized carbons (Fsp3) is 0.455. The Kier molecular flexibility index (Phi) is 5.74. The van der Waals surface area contributed by atoms with Crippen molar-refractivity contribution >= 4 is 34.9 Å². The van der Waals surface area contributed by atoms with Crippen molar-refractivity contribution in [2.75, 3.05) is 32.7 Å². The molecular weight excluding hydrogens is 409 g/mol. The largest absolute Gasteiger partial charge is 0.345 e. The van der Waals surface area contributed by atoms with Gasteiger partial charge in [-0.05, 0) is 51.0 Å². The van der Waals surface area contributed by atoms with Gasteiger partial charge in [-0.3, -0.25) is 14.5 Å². The van der Waals surface area contributed by atoms with E-state index in [0.29, 0.717) is 54.4 Å². The minimum absolute atomic E-state index is 0.0920. The van der Waals surface area contributed by atoms with Crippen molar-refractivity contribution < 1.29 is 9.59 Å². The summed E-state index contributed by atoms with van der Waals surface area (Å²) in [7, 11) is 0. The van der Waals surface area contributed by atoms with Crippen molar-refractivity contribution in [1.29, 1.82) is 0 Å². The van der Waals surface area contributed by atoms with Gasteiger partial charge in [-0.1, -0.05) is 23.2 Å². The molecule has 1 aromatic heterocycles. The zero-order chi connectivity index (χ0) is 20.7. The molecule has 0 spiro atoms. The molecule has 0 N–H and O–H groups in total. The predicted octanol–water partition coefficient (Wildman–Crippen LogP) is 4.39. The van der Waals surface area contributed by atoms with Crippen LogP contribution in [0.15, 0.2) is 24.3 Å². The van der Waals surface area contributed by atoms with Gasteiger partial charge in [0.05, 0.1) is 17.1 Å². The van der Waals surface area contributed by atoms with Crippen molar-refractivity contribution in [2.24, 2.45) is 0 Å². The van der Waals surface area contributed by atoms with Crippen molar-refractivity contribution in [1.82, 2.24) is 14.4 Å². The molecule has 2 heterocycles. The molecule has 0 atom stereocenters. The van der Waals surface area contributed by atoms with E-state index in [-0.39, 0.29) is 11.7 Å². The number of benzene rings is 1. The van der Waals surface area contributed by atoms with Crippen molar-refractivity contribution in [3.63, 3.8) is 0 Å². The Labute approximate surface area is 181 Å². The molecule has 29 heavy (non-hydrogen) atoms. The van der Waals surface area contributed by atoms with Gasteiger partial charge in [-0.2, -0.15) is 0 Å². The van der Waals surface area contributed by atoms with E-state index < -0.39 is 0 Å². The number of carbonyl (C=O) groups excluding carboxylic acids is 2. The number of aromatic nitrogens is 1. The molecule has 7 heteroatoms. The van der Waals surface area contributed by atoms with Gasteiger partial charge in [0.25, 0.3) is 5.91 Å². The number of hydrogen-bond donors (Lipinski definition) is 0. The normalized spacial score (nSPS) is 17.6. The minimum atomic E-state index is -0.0920. The molecule has 1 saturated heterocycles. The number of halogens is 2. The van der Waals surface area contributed by atoms with Crippen molar-refractivity contribution in [3.8, 4) is 0 Å². The van der Waals surface area contributed by atoms with Crippen LogP contribution in [-0.4, -0.2) is 58.8 Å². The second kappa shape index (κ2) is 8.13. The highest BCUT2D eigenvalue weighted by atomic mass is 35.5. The van der Waals surface area contributed by atoms with Gasteiger partial charge in [0.1, 0.15) is 0 Å². The summed E-state index contributed by atoms with van der Waals surface area (Å²) in [5, 5.41) is 0.877. The number of aryl methyl sites for hydroxylation is 1. The molecule has 5 nitrogen and oxygen atoms in total. The van der Waals surface area contributed by atoms with Gasteiger partial charge in [0.2, 0.25) is 0 Å². The van der Waals surface area contributed by atoms with Crippen LogP contribution in [-0.2, 0) is 0 Å². The van der Waals surface area contributed by atoms with Crippen LogP contribution >= 0.6 is 23.2 Å². The standard InChI is InChI=1S/C22H25Cl2N3O2/c1-14-11-19(15(2)27(14)17-4-5-17)21(28)13-25-7-9-26(10-8-25)22(29)18-6-3-16(23)12-20(18)24/h3,6,11-12,17H,4-5,7-10,13H2,1-2H3. The molecule has 4 rings (SSSR count). The highest BCUT2D eigenvalue weighted by Gasteiger charge is 2.29. The van der Waals surface area contributed by atoms with E-state index in [9.17, 15) is 9.59 Å². The Morgan fingerprint density at radius 1 is 1.00 bits per heavy atom. The van der Waals surface area contributed by atoms with E-state index in [0.717, 1.165) is 11.3 Å². The highest BCUT2D eigenvalue weighted by Crippen LogP contribution is 2.38. The Hall–Kier alpha value is -1.82. The van der Waals surface area contributed by atoms with E-state index >= 15 is 0 Å². The second-order valence-corrected chi connectivity index (χ2v) is 8.85. The smallest absolute Gasteiger partial charge is 0.255 e. The third kappa shape index (κ3) is 4.23. The summed E-state index contributed by atoms with van der Waals surface area (Å²) in [6, 6.07) is 7.53. The predicted molar refractivity (Wildman–Crippen MR) is 115 cm³/mol. The molecule has 1 amide bonds. The number of nitrogens with zero attached hydrogens (tertiary/aromatic N) is 3. The first kappa shape index (κ1) is 20.5. The zero-order valence-electron chi connectivity index (χ0n) is 16.8. The molecule has 2 aliphatic rings. The quantitative estimate of drug-likeness (QED) is 0.656. The van der Waals surface area contributed by atoms with Crippen LogP contribution < -0.4 is 0 Å². The lowest BCUT2D eigenvalue weighted by Crippen LogP contribution is -2.50. The molecule has 0 unspecified atom stereocenters. The molecular formula is C22H25Cl2N3O2. The lowest BCUT2D eigenvalue weighted by molar-refractivity contribution is 0.0624. The number of ketones is 1. The Balaban J connectivity index is 1.36. The maximum atomic E-state index is 12.9. The first-order valence-electron chi connectivity index (χ1n) is 10.0. The van der Waals surface area contributed by atoms with Crippen molar-refractivity contribution in [3.05, 3.63) is 56.8 Å². The van der Waals surface area contributed by atoms with Crippen LogP contribution in [0.3, 0.4) is 0 Å². The Bertz CT molecular complexity index is 957. The number of amides is 1. The molecule has 1 saturated carbocycles. The zero-order valence-corrected chi connectivity index (χ0v) is 18.3. The first-order valence-corrected chi connectivity index (χ1v) is 10.8. The molecule has 0 radical (unpaired) electrons. The topological polar surface area (TPSA) is 45.6 Å². The third-order valence-electron chi connectivity index (χ3n) is 5.89. The van der Waals surface area contributed by atoms with Crippen LogP contribution in [0.25, 0.3) is 0 Å². The van der Waals surface area contributed by atoms with E-state index in [1.807, 2.05) is 13.0 Å². The van der Waals surface area contributed by atoms with Gasteiger partial charge in [-0.15, -0.1) is 0 Å². The van der Waals surface area contributed by atoms with Gasteiger partial charge < -0.3 is 9.47 Å². The van der Waals surface area contributed by atoms with E-state index in [1.165, 1.54) is 18.5 Å². The SMILES string of the molecule is Cc1cc(C(=O)CN2CCN(C(=O)c3ccc(Cl)cc3Cl)CC2)c(C)n1C1CC1. The summed E-state index contributed by atoms with van der Waals surface area (Å²) in [6.07, 6.45) is 2.41. The minimum Gasteiger partial charge on any atom is -0.345 e. The van der Waals surface area contributed by atoms with E-state index in [1.54, 1.807) is 23.1 Å². The summed E-state index contributed by atoms with van der Waals surface area (Å²) in [5.41, 5.74) is 3.55. The number of rotatable bonds is 5. The summed E-state index contributed by atoms with van der Waals surface area (Å²) in [5.74, 6) is 0.0659. The van der Waals surface area contributed by atoms with Gasteiger partial charge in [0, 0.05) is 54.2 Å². The molecule has 154 valence electrons. The molecule has 1 aromatic carbocycles. The molecule has 1 aliphatic carbocycles. The highest BCUT2D eigenvalue weighted by molar-refractivity contribution is 6.36. The maximum absolute atomic E-state index is 12.9. The maximum Gasteiger partial charge on any atom is 0.255 e. The number of hydrogen-bond acceptors (Lipinski definition) is 3. The number of piperazine rings is 1. The van der Waals surface area contributed by atoms with Crippen LogP contribution in [0.5, 0.6) is 0 Å². The monoisotopic (exact) mass is 433 g/mol. The third-order valence-corrected chi connectivity index (χ3v) is 6.43. The molecule has 0 bridgehead atoms. The lowest BCUT2D eigenvalue weighted by atomic mass is 10.1.